The van der Waals surface area contributed by atoms with Crippen LogP contribution in [0, 0.1) is 3.57 Å². The molecule has 1 atom stereocenters. The first kappa shape index (κ1) is 16.5. The van der Waals surface area contributed by atoms with E-state index >= 15 is 0 Å². The smallest absolute Gasteiger partial charge is 0.138 e. The zero-order valence-electron chi connectivity index (χ0n) is 11.8. The molecule has 1 heterocycles. The topological polar surface area (TPSA) is 60.2 Å². The van der Waals surface area contributed by atoms with Crippen LogP contribution in [-0.4, -0.2) is 11.1 Å². The summed E-state index contributed by atoms with van der Waals surface area (Å²) in [5.41, 5.74) is 4.76. The van der Waals surface area contributed by atoms with E-state index in [1.165, 1.54) is 0 Å². The lowest BCUT2D eigenvalue weighted by atomic mass is 10.0. The van der Waals surface area contributed by atoms with Crippen molar-refractivity contribution >= 4 is 34.2 Å². The van der Waals surface area contributed by atoms with Crippen molar-refractivity contribution in [2.75, 3.05) is 0 Å². The van der Waals surface area contributed by atoms with Crippen LogP contribution in [0.5, 0.6) is 5.75 Å². The molecular weight excluding hydrogens is 401 g/mol. The second-order valence-corrected chi connectivity index (χ2v) is 6.48. The predicted molar refractivity (Wildman–Crippen MR) is 93.3 cm³/mol. The third-order valence-electron chi connectivity index (χ3n) is 2.88. The molecule has 0 saturated heterocycles. The monoisotopic (exact) mass is 417 g/mol. The third kappa shape index (κ3) is 4.29. The van der Waals surface area contributed by atoms with Crippen molar-refractivity contribution in [2.45, 2.75) is 26.0 Å². The number of hydrogen-bond acceptors (Lipinski definition) is 4. The van der Waals surface area contributed by atoms with E-state index in [1.807, 2.05) is 38.1 Å². The van der Waals surface area contributed by atoms with Gasteiger partial charge in [-0.15, -0.1) is 0 Å². The molecule has 1 unspecified atom stereocenters. The minimum atomic E-state index is -0.196. The van der Waals surface area contributed by atoms with Gasteiger partial charge in [-0.05, 0) is 71.8 Å². The lowest BCUT2D eigenvalue weighted by Crippen LogP contribution is -2.29. The van der Waals surface area contributed by atoms with E-state index in [4.69, 9.17) is 22.2 Å². The summed E-state index contributed by atoms with van der Waals surface area (Å²) >= 11 is 8.36. The Morgan fingerprint density at radius 1 is 1.29 bits per heavy atom. The van der Waals surface area contributed by atoms with Crippen LogP contribution < -0.4 is 16.0 Å². The summed E-state index contributed by atoms with van der Waals surface area (Å²) in [4.78, 5) is 4.23. The van der Waals surface area contributed by atoms with Crippen LogP contribution in [0.1, 0.15) is 31.0 Å². The van der Waals surface area contributed by atoms with Gasteiger partial charge >= 0.3 is 0 Å². The van der Waals surface area contributed by atoms with Gasteiger partial charge in [0.05, 0.1) is 18.3 Å². The summed E-state index contributed by atoms with van der Waals surface area (Å²) in [5, 5.41) is 0.674. The lowest BCUT2D eigenvalue weighted by molar-refractivity contribution is 0.241. The number of nitrogens with zero attached hydrogens (tertiary/aromatic N) is 1. The normalized spacial score (nSPS) is 12.5. The SMILES string of the molecule is CC(C)Oc1cncc(C(NN)c2cc(Cl)ccc2I)c1. The second kappa shape index (κ2) is 7.40. The molecule has 4 nitrogen and oxygen atoms in total. The van der Waals surface area contributed by atoms with E-state index in [9.17, 15) is 0 Å². The zero-order chi connectivity index (χ0) is 15.4. The van der Waals surface area contributed by atoms with Crippen molar-refractivity contribution in [3.8, 4) is 5.75 Å². The highest BCUT2D eigenvalue weighted by atomic mass is 127. The van der Waals surface area contributed by atoms with Crippen LogP contribution >= 0.6 is 34.2 Å². The van der Waals surface area contributed by atoms with Gasteiger partial charge < -0.3 is 4.74 Å². The van der Waals surface area contributed by atoms with E-state index in [0.717, 1.165) is 20.4 Å². The van der Waals surface area contributed by atoms with Gasteiger partial charge in [-0.25, -0.2) is 5.43 Å². The van der Waals surface area contributed by atoms with Crippen LogP contribution in [0.25, 0.3) is 0 Å². The van der Waals surface area contributed by atoms with Crippen molar-refractivity contribution in [3.63, 3.8) is 0 Å². The van der Waals surface area contributed by atoms with Crippen molar-refractivity contribution in [2.24, 2.45) is 5.84 Å². The standard InChI is InChI=1S/C15H17ClIN3O/c1-9(2)21-12-5-10(7-19-8-12)15(20-18)13-6-11(16)3-4-14(13)17/h3-9,15,20H,18H2,1-2H3. The summed E-state index contributed by atoms with van der Waals surface area (Å²) in [5.74, 6) is 6.46. The molecule has 2 rings (SSSR count). The summed E-state index contributed by atoms with van der Waals surface area (Å²) in [7, 11) is 0. The van der Waals surface area contributed by atoms with Crippen molar-refractivity contribution < 1.29 is 4.74 Å². The number of rotatable bonds is 5. The van der Waals surface area contributed by atoms with Gasteiger partial charge in [0.15, 0.2) is 0 Å². The number of hydrogen-bond donors (Lipinski definition) is 2. The molecule has 3 N–H and O–H groups in total. The minimum absolute atomic E-state index is 0.0950. The quantitative estimate of drug-likeness (QED) is 0.443. The van der Waals surface area contributed by atoms with Gasteiger partial charge in [-0.1, -0.05) is 11.6 Å². The molecule has 0 aliphatic rings. The maximum absolute atomic E-state index is 6.09. The Morgan fingerprint density at radius 3 is 2.71 bits per heavy atom. The first-order chi connectivity index (χ1) is 10.0. The number of pyridine rings is 1. The molecule has 1 aromatic heterocycles. The highest BCUT2D eigenvalue weighted by molar-refractivity contribution is 14.1. The average Bonchev–Trinajstić information content (AvgIpc) is 2.43. The molecule has 0 spiro atoms. The molecule has 0 aliphatic heterocycles. The van der Waals surface area contributed by atoms with Gasteiger partial charge in [0.2, 0.25) is 0 Å². The van der Waals surface area contributed by atoms with Gasteiger partial charge in [-0.3, -0.25) is 10.8 Å². The largest absolute Gasteiger partial charge is 0.489 e. The number of benzene rings is 1. The van der Waals surface area contributed by atoms with Crippen LogP contribution in [0.4, 0.5) is 0 Å². The van der Waals surface area contributed by atoms with E-state index < -0.39 is 0 Å². The number of nitrogens with one attached hydrogen (secondary N) is 1. The molecule has 2 aromatic rings. The number of hydrazine groups is 1. The van der Waals surface area contributed by atoms with E-state index in [1.54, 1.807) is 12.4 Å². The number of aromatic nitrogens is 1. The Labute approximate surface area is 143 Å². The van der Waals surface area contributed by atoms with Crippen LogP contribution in [0.15, 0.2) is 36.7 Å². The first-order valence-corrected chi connectivity index (χ1v) is 7.99. The Bertz CT molecular complexity index is 622. The Kier molecular flexibility index (Phi) is 5.80. The molecule has 0 radical (unpaired) electrons. The van der Waals surface area contributed by atoms with Gasteiger partial charge in [0, 0.05) is 14.8 Å². The molecule has 0 amide bonds. The number of nitrogens with two attached hydrogens (primary N) is 1. The first-order valence-electron chi connectivity index (χ1n) is 6.54. The van der Waals surface area contributed by atoms with Gasteiger partial charge in [0.25, 0.3) is 0 Å². The fraction of sp³-hybridized carbons (Fsp3) is 0.267. The number of ether oxygens (including phenoxy) is 1. The summed E-state index contributed by atoms with van der Waals surface area (Å²) in [6.07, 6.45) is 3.56. The lowest BCUT2D eigenvalue weighted by Gasteiger charge is -2.19. The molecule has 0 aliphatic carbocycles. The highest BCUT2D eigenvalue weighted by Crippen LogP contribution is 2.29. The summed E-state index contributed by atoms with van der Waals surface area (Å²) < 4.78 is 6.76. The van der Waals surface area contributed by atoms with E-state index in [0.29, 0.717) is 5.02 Å². The highest BCUT2D eigenvalue weighted by Gasteiger charge is 2.17. The van der Waals surface area contributed by atoms with Gasteiger partial charge in [0.1, 0.15) is 5.75 Å². The minimum Gasteiger partial charge on any atom is -0.489 e. The van der Waals surface area contributed by atoms with Gasteiger partial charge in [-0.2, -0.15) is 0 Å². The summed E-state index contributed by atoms with van der Waals surface area (Å²) in [6, 6.07) is 7.47. The van der Waals surface area contributed by atoms with Crippen molar-refractivity contribution in [3.05, 3.63) is 56.4 Å². The third-order valence-corrected chi connectivity index (χ3v) is 4.09. The van der Waals surface area contributed by atoms with Crippen LogP contribution in [0.3, 0.4) is 0 Å². The Hall–Kier alpha value is -0.890. The van der Waals surface area contributed by atoms with Crippen LogP contribution in [0.2, 0.25) is 5.02 Å². The van der Waals surface area contributed by atoms with E-state index in [2.05, 4.69) is 33.0 Å². The summed E-state index contributed by atoms with van der Waals surface area (Å²) in [6.45, 7) is 3.95. The van der Waals surface area contributed by atoms with Crippen LogP contribution in [-0.2, 0) is 0 Å². The molecule has 0 fully saturated rings. The average molecular weight is 418 g/mol. The van der Waals surface area contributed by atoms with Crippen molar-refractivity contribution in [1.82, 2.24) is 10.4 Å². The maximum Gasteiger partial charge on any atom is 0.138 e. The Balaban J connectivity index is 2.39. The maximum atomic E-state index is 6.09. The zero-order valence-corrected chi connectivity index (χ0v) is 14.7. The van der Waals surface area contributed by atoms with E-state index in [-0.39, 0.29) is 12.1 Å². The predicted octanol–water partition coefficient (Wildman–Crippen LogP) is 3.68. The Morgan fingerprint density at radius 2 is 2.05 bits per heavy atom. The molecule has 0 saturated carbocycles. The molecular formula is C15H17ClIN3O. The molecule has 112 valence electrons. The number of halogens is 2. The molecule has 21 heavy (non-hydrogen) atoms. The fourth-order valence-corrected chi connectivity index (χ4v) is 2.86. The second-order valence-electron chi connectivity index (χ2n) is 4.89. The fourth-order valence-electron chi connectivity index (χ4n) is 2.03. The van der Waals surface area contributed by atoms with Crippen molar-refractivity contribution in [1.29, 1.82) is 0 Å². The molecule has 6 heteroatoms. The molecule has 1 aromatic carbocycles. The molecule has 0 bridgehead atoms.